The first kappa shape index (κ1) is 16.6. The van der Waals surface area contributed by atoms with Crippen molar-refractivity contribution in [2.75, 3.05) is 19.7 Å². The normalized spacial score (nSPS) is 19.3. The van der Waals surface area contributed by atoms with Crippen LogP contribution in [0.1, 0.15) is 36.8 Å². The van der Waals surface area contributed by atoms with Gasteiger partial charge in [0.15, 0.2) is 5.82 Å². The van der Waals surface area contributed by atoms with Crippen LogP contribution in [0.3, 0.4) is 0 Å². The van der Waals surface area contributed by atoms with Crippen LogP contribution in [0.25, 0.3) is 0 Å². The molecule has 0 saturated carbocycles. The number of carbonyl (C=O) groups is 1. The number of aryl methyl sites for hydroxylation is 1. The molecular formula is C17H21FN4O2. The monoisotopic (exact) mass is 332 g/mol. The average Bonchev–Trinajstić information content (AvgIpc) is 3.01. The predicted octanol–water partition coefficient (Wildman–Crippen LogP) is 2.05. The first-order chi connectivity index (χ1) is 11.5. The highest BCUT2D eigenvalue weighted by Crippen LogP contribution is 2.24. The van der Waals surface area contributed by atoms with E-state index in [0.717, 1.165) is 5.56 Å². The zero-order chi connectivity index (χ0) is 17.1. The number of aromatic nitrogens is 3. The third kappa shape index (κ3) is 3.62. The minimum atomic E-state index is -0.277. The van der Waals surface area contributed by atoms with E-state index in [4.69, 9.17) is 4.74 Å². The summed E-state index contributed by atoms with van der Waals surface area (Å²) in [6, 6.07) is 6.41. The molecule has 1 aliphatic rings. The molecule has 7 heteroatoms. The van der Waals surface area contributed by atoms with Crippen molar-refractivity contribution in [2.45, 2.75) is 25.4 Å². The van der Waals surface area contributed by atoms with Crippen LogP contribution in [0.2, 0.25) is 0 Å². The maximum atomic E-state index is 13.3. The van der Waals surface area contributed by atoms with Gasteiger partial charge in [-0.15, -0.1) is 10.2 Å². The van der Waals surface area contributed by atoms with E-state index in [2.05, 4.69) is 10.2 Å². The van der Waals surface area contributed by atoms with E-state index < -0.39 is 0 Å². The van der Waals surface area contributed by atoms with Gasteiger partial charge < -0.3 is 14.2 Å². The van der Waals surface area contributed by atoms with E-state index in [1.165, 1.54) is 12.1 Å². The summed E-state index contributed by atoms with van der Waals surface area (Å²) >= 11 is 0. The molecule has 0 bridgehead atoms. The lowest BCUT2D eigenvalue weighted by molar-refractivity contribution is -0.139. The van der Waals surface area contributed by atoms with Gasteiger partial charge in [-0.3, -0.25) is 4.79 Å². The molecule has 3 rings (SSSR count). The molecule has 6 nitrogen and oxygen atoms in total. The smallest absolute Gasteiger partial charge is 0.223 e. The number of hydrogen-bond acceptors (Lipinski definition) is 4. The number of nitrogens with zero attached hydrogens (tertiary/aromatic N) is 4. The Morgan fingerprint density at radius 3 is 3.04 bits per heavy atom. The van der Waals surface area contributed by atoms with Gasteiger partial charge in [-0.25, -0.2) is 4.39 Å². The fourth-order valence-corrected chi connectivity index (χ4v) is 2.94. The fraction of sp³-hybridized carbons (Fsp3) is 0.471. The highest BCUT2D eigenvalue weighted by Gasteiger charge is 2.28. The second-order valence-corrected chi connectivity index (χ2v) is 6.16. The van der Waals surface area contributed by atoms with Crippen LogP contribution in [0.4, 0.5) is 4.39 Å². The van der Waals surface area contributed by atoms with Crippen LogP contribution >= 0.6 is 0 Å². The summed E-state index contributed by atoms with van der Waals surface area (Å²) in [7, 11) is 1.85. The Morgan fingerprint density at radius 1 is 1.50 bits per heavy atom. The number of rotatable bonds is 4. The second-order valence-electron chi connectivity index (χ2n) is 6.16. The van der Waals surface area contributed by atoms with Crippen LogP contribution in [0, 0.1) is 5.82 Å². The average molecular weight is 332 g/mol. The lowest BCUT2D eigenvalue weighted by Gasteiger charge is -2.33. The Bertz CT molecular complexity index is 718. The highest BCUT2D eigenvalue weighted by molar-refractivity contribution is 5.77. The van der Waals surface area contributed by atoms with Crippen LogP contribution in [0.15, 0.2) is 30.6 Å². The summed E-state index contributed by atoms with van der Waals surface area (Å²) in [6.45, 7) is 3.43. The van der Waals surface area contributed by atoms with Gasteiger partial charge in [0.2, 0.25) is 5.91 Å². The topological polar surface area (TPSA) is 60.3 Å². The molecule has 1 fully saturated rings. The first-order valence-electron chi connectivity index (χ1n) is 8.03. The van der Waals surface area contributed by atoms with E-state index in [0.29, 0.717) is 31.9 Å². The van der Waals surface area contributed by atoms with Gasteiger partial charge in [0, 0.05) is 20.0 Å². The van der Waals surface area contributed by atoms with Crippen molar-refractivity contribution in [3.05, 3.63) is 47.8 Å². The standard InChI is InChI=1S/C17H21FN4O2/c1-12(13-4-3-5-14(18)9-13)8-16(23)22-6-7-24-15(10-22)17-20-19-11-21(17)2/h3-5,9,11-12,15H,6-8,10H2,1-2H3/t12-,15+/m0/s1. The Balaban J connectivity index is 1.63. The largest absolute Gasteiger partial charge is 0.366 e. The minimum Gasteiger partial charge on any atom is -0.366 e. The van der Waals surface area contributed by atoms with Crippen molar-refractivity contribution >= 4 is 5.91 Å². The summed E-state index contributed by atoms with van der Waals surface area (Å²) in [5.41, 5.74) is 0.835. The molecule has 128 valence electrons. The Hall–Kier alpha value is -2.28. The molecule has 0 aliphatic carbocycles. The molecule has 0 N–H and O–H groups in total. The van der Waals surface area contributed by atoms with Crippen molar-refractivity contribution in [3.63, 3.8) is 0 Å². The zero-order valence-corrected chi connectivity index (χ0v) is 13.9. The number of amides is 1. The molecule has 1 aromatic heterocycles. The van der Waals surface area contributed by atoms with Crippen molar-refractivity contribution in [1.29, 1.82) is 0 Å². The number of benzene rings is 1. The van der Waals surface area contributed by atoms with Gasteiger partial charge in [-0.2, -0.15) is 0 Å². The van der Waals surface area contributed by atoms with Crippen LogP contribution in [-0.2, 0) is 16.6 Å². The van der Waals surface area contributed by atoms with E-state index in [-0.39, 0.29) is 23.7 Å². The van der Waals surface area contributed by atoms with Gasteiger partial charge in [0.1, 0.15) is 18.2 Å². The summed E-state index contributed by atoms with van der Waals surface area (Å²) in [6.07, 6.45) is 1.69. The number of carbonyl (C=O) groups excluding carboxylic acids is 1. The van der Waals surface area contributed by atoms with Gasteiger partial charge in [0.25, 0.3) is 0 Å². The summed E-state index contributed by atoms with van der Waals surface area (Å²) in [4.78, 5) is 14.4. The second kappa shape index (κ2) is 7.09. The predicted molar refractivity (Wildman–Crippen MR) is 85.7 cm³/mol. The molecule has 1 aliphatic heterocycles. The van der Waals surface area contributed by atoms with Crippen molar-refractivity contribution in [1.82, 2.24) is 19.7 Å². The molecule has 1 amide bonds. The van der Waals surface area contributed by atoms with Gasteiger partial charge >= 0.3 is 0 Å². The third-order valence-electron chi connectivity index (χ3n) is 4.35. The van der Waals surface area contributed by atoms with E-state index in [1.807, 2.05) is 20.0 Å². The van der Waals surface area contributed by atoms with Gasteiger partial charge in [-0.05, 0) is 23.6 Å². The molecule has 2 aromatic rings. The van der Waals surface area contributed by atoms with Crippen molar-refractivity contribution < 1.29 is 13.9 Å². The molecule has 24 heavy (non-hydrogen) atoms. The lowest BCUT2D eigenvalue weighted by Crippen LogP contribution is -2.43. The maximum absolute atomic E-state index is 13.3. The van der Waals surface area contributed by atoms with E-state index in [9.17, 15) is 9.18 Å². The van der Waals surface area contributed by atoms with E-state index in [1.54, 1.807) is 21.9 Å². The summed E-state index contributed by atoms with van der Waals surface area (Å²) in [5, 5.41) is 7.92. The fourth-order valence-electron chi connectivity index (χ4n) is 2.94. The van der Waals surface area contributed by atoms with Gasteiger partial charge in [0.05, 0.1) is 13.2 Å². The molecule has 2 heterocycles. The van der Waals surface area contributed by atoms with Crippen LogP contribution < -0.4 is 0 Å². The number of morpholine rings is 1. The SMILES string of the molecule is C[C@@H](CC(=O)N1CCO[C@@H](c2nncn2C)C1)c1cccc(F)c1. The van der Waals surface area contributed by atoms with Gasteiger partial charge in [-0.1, -0.05) is 19.1 Å². The Labute approximate surface area is 140 Å². The molecule has 0 radical (unpaired) electrons. The molecule has 0 unspecified atom stereocenters. The summed E-state index contributed by atoms with van der Waals surface area (Å²) in [5.74, 6) is 0.442. The van der Waals surface area contributed by atoms with Crippen molar-refractivity contribution in [3.8, 4) is 0 Å². The maximum Gasteiger partial charge on any atom is 0.223 e. The summed E-state index contributed by atoms with van der Waals surface area (Å²) < 4.78 is 20.9. The molecular weight excluding hydrogens is 311 g/mol. The molecule has 1 saturated heterocycles. The number of ether oxygens (including phenoxy) is 1. The van der Waals surface area contributed by atoms with E-state index >= 15 is 0 Å². The first-order valence-corrected chi connectivity index (χ1v) is 8.03. The minimum absolute atomic E-state index is 0.0377. The Morgan fingerprint density at radius 2 is 2.33 bits per heavy atom. The third-order valence-corrected chi connectivity index (χ3v) is 4.35. The highest BCUT2D eigenvalue weighted by atomic mass is 19.1. The molecule has 0 spiro atoms. The molecule has 2 atom stereocenters. The van der Waals surface area contributed by atoms with Crippen LogP contribution in [-0.4, -0.2) is 45.3 Å². The zero-order valence-electron chi connectivity index (χ0n) is 13.9. The van der Waals surface area contributed by atoms with Crippen LogP contribution in [0.5, 0.6) is 0 Å². The quantitative estimate of drug-likeness (QED) is 0.860. The lowest BCUT2D eigenvalue weighted by atomic mass is 9.97. The number of halogens is 1. The number of hydrogen-bond donors (Lipinski definition) is 0. The van der Waals surface area contributed by atoms with Crippen molar-refractivity contribution in [2.24, 2.45) is 7.05 Å². The Kier molecular flexibility index (Phi) is 4.89. The molecule has 1 aromatic carbocycles.